The molecule has 0 atom stereocenters. The lowest BCUT2D eigenvalue weighted by atomic mass is 10.0. The summed E-state index contributed by atoms with van der Waals surface area (Å²) < 4.78 is 0. The molecule has 1 saturated heterocycles. The van der Waals surface area contributed by atoms with E-state index in [1.54, 1.807) is 0 Å². The van der Waals surface area contributed by atoms with Gasteiger partial charge in [-0.1, -0.05) is 23.7 Å². The summed E-state index contributed by atoms with van der Waals surface area (Å²) in [4.78, 5) is 6.75. The summed E-state index contributed by atoms with van der Waals surface area (Å²) in [5.41, 5.74) is 1.11. The summed E-state index contributed by atoms with van der Waals surface area (Å²) in [7, 11) is 0. The first kappa shape index (κ1) is 13.3. The fourth-order valence-electron chi connectivity index (χ4n) is 2.61. The molecule has 1 aliphatic rings. The Kier molecular flexibility index (Phi) is 4.07. The van der Waals surface area contributed by atoms with Gasteiger partial charge >= 0.3 is 0 Å². The fraction of sp³-hybridized carbons (Fsp3) is 0.312. The molecule has 3 rings (SSSR count). The minimum Gasteiger partial charge on any atom is -0.382 e. The number of hydrogen-bond donors (Lipinski definition) is 1. The number of pyridine rings is 1. The lowest BCUT2D eigenvalue weighted by Gasteiger charge is -2.33. The van der Waals surface area contributed by atoms with Gasteiger partial charge in [0.25, 0.3) is 0 Å². The van der Waals surface area contributed by atoms with E-state index in [-0.39, 0.29) is 0 Å². The Balaban J connectivity index is 1.56. The second-order valence-corrected chi connectivity index (χ2v) is 5.54. The van der Waals surface area contributed by atoms with Gasteiger partial charge in [-0.3, -0.25) is 0 Å². The third-order valence-electron chi connectivity index (χ3n) is 3.66. The van der Waals surface area contributed by atoms with Crippen molar-refractivity contribution in [3.05, 3.63) is 53.7 Å². The van der Waals surface area contributed by atoms with Crippen molar-refractivity contribution in [3.8, 4) is 0 Å². The molecule has 0 amide bonds. The molecule has 1 aromatic carbocycles. The molecule has 1 N–H and O–H groups in total. The lowest BCUT2D eigenvalue weighted by molar-refractivity contribution is 0.523. The van der Waals surface area contributed by atoms with Crippen molar-refractivity contribution < 1.29 is 0 Å². The van der Waals surface area contributed by atoms with E-state index in [4.69, 9.17) is 11.6 Å². The molecule has 0 saturated carbocycles. The summed E-state index contributed by atoms with van der Waals surface area (Å²) in [5.74, 6) is 1.08. The number of anilines is 2. The van der Waals surface area contributed by atoms with Crippen LogP contribution >= 0.6 is 11.6 Å². The first-order valence-corrected chi connectivity index (χ1v) is 7.37. The van der Waals surface area contributed by atoms with Crippen molar-refractivity contribution in [2.24, 2.45) is 0 Å². The summed E-state index contributed by atoms with van der Waals surface area (Å²) in [6, 6.07) is 14.5. The van der Waals surface area contributed by atoms with Crippen molar-refractivity contribution >= 4 is 23.1 Å². The SMILES string of the molecule is Clc1cccc(NC2CCN(c3ccccn3)CC2)c1. The van der Waals surface area contributed by atoms with E-state index in [9.17, 15) is 0 Å². The molecule has 0 spiro atoms. The van der Waals surface area contributed by atoms with Gasteiger partial charge in [0, 0.05) is 36.0 Å². The second-order valence-electron chi connectivity index (χ2n) is 5.10. The van der Waals surface area contributed by atoms with Crippen LogP contribution in [0.15, 0.2) is 48.7 Å². The van der Waals surface area contributed by atoms with E-state index in [2.05, 4.69) is 27.3 Å². The normalized spacial score (nSPS) is 16.1. The van der Waals surface area contributed by atoms with Crippen LogP contribution in [0.1, 0.15) is 12.8 Å². The second kappa shape index (κ2) is 6.14. The van der Waals surface area contributed by atoms with Crippen molar-refractivity contribution in [3.63, 3.8) is 0 Å². The largest absolute Gasteiger partial charge is 0.382 e. The van der Waals surface area contributed by atoms with Gasteiger partial charge in [-0.2, -0.15) is 0 Å². The summed E-state index contributed by atoms with van der Waals surface area (Å²) in [6.07, 6.45) is 4.08. The van der Waals surface area contributed by atoms with Gasteiger partial charge in [0.15, 0.2) is 0 Å². The molecule has 0 unspecified atom stereocenters. The monoisotopic (exact) mass is 287 g/mol. The number of piperidine rings is 1. The Hall–Kier alpha value is -1.74. The molecule has 1 fully saturated rings. The van der Waals surface area contributed by atoms with Crippen molar-refractivity contribution in [1.29, 1.82) is 0 Å². The van der Waals surface area contributed by atoms with E-state index in [0.717, 1.165) is 42.5 Å². The van der Waals surface area contributed by atoms with Crippen LogP contribution in [0.25, 0.3) is 0 Å². The highest BCUT2D eigenvalue weighted by Crippen LogP contribution is 2.21. The average Bonchev–Trinajstić information content (AvgIpc) is 2.49. The molecule has 2 aromatic rings. The van der Waals surface area contributed by atoms with Crippen LogP contribution in [0.5, 0.6) is 0 Å². The quantitative estimate of drug-likeness (QED) is 0.930. The molecular weight excluding hydrogens is 270 g/mol. The van der Waals surface area contributed by atoms with Gasteiger partial charge in [-0.05, 0) is 43.2 Å². The summed E-state index contributed by atoms with van der Waals surface area (Å²) in [5, 5.41) is 4.34. The number of hydrogen-bond acceptors (Lipinski definition) is 3. The molecule has 0 bridgehead atoms. The standard InChI is InChI=1S/C16H18ClN3/c17-13-4-3-5-15(12-13)19-14-7-10-20(11-8-14)16-6-1-2-9-18-16/h1-6,9,12,14,19H,7-8,10-11H2. The predicted octanol–water partition coefficient (Wildman–Crippen LogP) is 3.82. The topological polar surface area (TPSA) is 28.2 Å². The molecule has 0 aliphatic carbocycles. The first-order chi connectivity index (χ1) is 9.81. The van der Waals surface area contributed by atoms with Crippen molar-refractivity contribution in [2.75, 3.05) is 23.3 Å². The Labute approximate surface area is 124 Å². The van der Waals surface area contributed by atoms with E-state index in [1.807, 2.05) is 36.5 Å². The van der Waals surface area contributed by atoms with Crippen molar-refractivity contribution in [1.82, 2.24) is 4.98 Å². The van der Waals surface area contributed by atoms with Gasteiger partial charge in [0.2, 0.25) is 0 Å². The molecule has 20 heavy (non-hydrogen) atoms. The molecule has 1 aromatic heterocycles. The Bertz CT molecular complexity index is 551. The zero-order valence-electron chi connectivity index (χ0n) is 11.3. The Morgan fingerprint density at radius 1 is 1.10 bits per heavy atom. The number of benzene rings is 1. The molecule has 0 radical (unpaired) electrons. The Morgan fingerprint density at radius 2 is 1.95 bits per heavy atom. The van der Waals surface area contributed by atoms with Crippen LogP contribution in [-0.2, 0) is 0 Å². The highest BCUT2D eigenvalue weighted by atomic mass is 35.5. The smallest absolute Gasteiger partial charge is 0.128 e. The number of rotatable bonds is 3. The number of nitrogens with one attached hydrogen (secondary N) is 1. The van der Waals surface area contributed by atoms with E-state index >= 15 is 0 Å². The zero-order valence-corrected chi connectivity index (χ0v) is 12.1. The molecule has 4 heteroatoms. The number of nitrogens with zero attached hydrogens (tertiary/aromatic N) is 2. The molecule has 2 heterocycles. The van der Waals surface area contributed by atoms with Gasteiger partial charge in [0.1, 0.15) is 5.82 Å². The third-order valence-corrected chi connectivity index (χ3v) is 3.90. The van der Waals surface area contributed by atoms with Crippen LogP contribution < -0.4 is 10.2 Å². The van der Waals surface area contributed by atoms with Crippen LogP contribution in [0.4, 0.5) is 11.5 Å². The molecule has 104 valence electrons. The van der Waals surface area contributed by atoms with Gasteiger partial charge in [-0.25, -0.2) is 4.98 Å². The van der Waals surface area contributed by atoms with Crippen LogP contribution in [0, 0.1) is 0 Å². The predicted molar refractivity (Wildman–Crippen MR) is 84.5 cm³/mol. The van der Waals surface area contributed by atoms with Crippen LogP contribution in [0.2, 0.25) is 5.02 Å². The average molecular weight is 288 g/mol. The van der Waals surface area contributed by atoms with Crippen LogP contribution in [-0.4, -0.2) is 24.1 Å². The maximum absolute atomic E-state index is 6.01. The highest BCUT2D eigenvalue weighted by Gasteiger charge is 2.19. The minimum absolute atomic E-state index is 0.508. The Morgan fingerprint density at radius 3 is 2.65 bits per heavy atom. The van der Waals surface area contributed by atoms with E-state index in [0.29, 0.717) is 6.04 Å². The lowest BCUT2D eigenvalue weighted by Crippen LogP contribution is -2.39. The minimum atomic E-state index is 0.508. The summed E-state index contributed by atoms with van der Waals surface area (Å²) >= 11 is 6.01. The third kappa shape index (κ3) is 3.23. The maximum atomic E-state index is 6.01. The maximum Gasteiger partial charge on any atom is 0.128 e. The molecule has 1 aliphatic heterocycles. The van der Waals surface area contributed by atoms with Crippen molar-refractivity contribution in [2.45, 2.75) is 18.9 Å². The molecular formula is C16H18ClN3. The number of halogens is 1. The van der Waals surface area contributed by atoms with E-state index < -0.39 is 0 Å². The van der Waals surface area contributed by atoms with Crippen LogP contribution in [0.3, 0.4) is 0 Å². The first-order valence-electron chi connectivity index (χ1n) is 6.99. The summed E-state index contributed by atoms with van der Waals surface area (Å²) in [6.45, 7) is 2.07. The number of aromatic nitrogens is 1. The zero-order chi connectivity index (χ0) is 13.8. The highest BCUT2D eigenvalue weighted by molar-refractivity contribution is 6.30. The fourth-order valence-corrected chi connectivity index (χ4v) is 2.80. The van der Waals surface area contributed by atoms with Gasteiger partial charge in [0.05, 0.1) is 0 Å². The van der Waals surface area contributed by atoms with Gasteiger partial charge < -0.3 is 10.2 Å². The van der Waals surface area contributed by atoms with Gasteiger partial charge in [-0.15, -0.1) is 0 Å². The molecule has 3 nitrogen and oxygen atoms in total. The van der Waals surface area contributed by atoms with E-state index in [1.165, 1.54) is 0 Å².